The van der Waals surface area contributed by atoms with Gasteiger partial charge < -0.3 is 14.0 Å². The van der Waals surface area contributed by atoms with Gasteiger partial charge in [-0.2, -0.15) is 22.0 Å². The van der Waals surface area contributed by atoms with Crippen LogP contribution in [0.15, 0.2) is 0 Å². The van der Waals surface area contributed by atoms with E-state index in [2.05, 4.69) is 9.47 Å². The first-order chi connectivity index (χ1) is 9.23. The van der Waals surface area contributed by atoms with Crippen LogP contribution in [0.4, 0.5) is 22.0 Å². The molecule has 1 unspecified atom stereocenters. The molecule has 7 nitrogen and oxygen atoms in total. The molecule has 0 rings (SSSR count). The van der Waals surface area contributed by atoms with Crippen molar-refractivity contribution in [1.82, 2.24) is 0 Å². The summed E-state index contributed by atoms with van der Waals surface area (Å²) in [7, 11) is -5.85. The minimum absolute atomic E-state index is 0.782. The molecule has 0 radical (unpaired) electrons. The maximum absolute atomic E-state index is 12.9. The summed E-state index contributed by atoms with van der Waals surface area (Å²) >= 11 is 0. The van der Waals surface area contributed by atoms with Crippen molar-refractivity contribution in [1.29, 1.82) is 0 Å². The first-order valence-electron chi connectivity index (χ1n) is 4.89. The molecular formula is C8H8F5O7S-. The molecule has 0 aliphatic carbocycles. The number of carbonyl (C=O) groups excluding carboxylic acids is 2. The van der Waals surface area contributed by atoms with E-state index in [0.717, 1.165) is 7.11 Å². The monoisotopic (exact) mass is 343 g/mol. The van der Waals surface area contributed by atoms with Crippen LogP contribution in [0.2, 0.25) is 0 Å². The zero-order valence-electron chi connectivity index (χ0n) is 10.1. The standard InChI is InChI=1S/C8H9F5O7S/c1-19-4(14)2-3-5(15)20-6(7(9,10)11)8(12,13)21(16,17)18/h6H,2-3H2,1H3,(H,16,17,18)/p-1. The van der Waals surface area contributed by atoms with Crippen molar-refractivity contribution < 1.29 is 54.0 Å². The Morgan fingerprint density at radius 3 is 1.86 bits per heavy atom. The van der Waals surface area contributed by atoms with Crippen molar-refractivity contribution in [2.75, 3.05) is 7.11 Å². The van der Waals surface area contributed by atoms with E-state index in [-0.39, 0.29) is 0 Å². The molecule has 21 heavy (non-hydrogen) atoms. The normalized spacial score (nSPS) is 14.4. The van der Waals surface area contributed by atoms with Crippen LogP contribution in [-0.2, 0) is 29.2 Å². The number of hydrogen-bond acceptors (Lipinski definition) is 7. The lowest BCUT2D eigenvalue weighted by molar-refractivity contribution is -0.259. The molecule has 0 spiro atoms. The van der Waals surface area contributed by atoms with Crippen molar-refractivity contribution in [3.05, 3.63) is 0 Å². The molecule has 0 saturated carbocycles. The number of esters is 2. The van der Waals surface area contributed by atoms with Gasteiger partial charge in [-0.25, -0.2) is 8.42 Å². The molecule has 0 saturated heterocycles. The van der Waals surface area contributed by atoms with Crippen molar-refractivity contribution in [3.8, 4) is 0 Å². The van der Waals surface area contributed by atoms with Crippen LogP contribution in [0.5, 0.6) is 0 Å². The van der Waals surface area contributed by atoms with Gasteiger partial charge in [-0.3, -0.25) is 9.59 Å². The molecule has 0 heterocycles. The van der Waals surface area contributed by atoms with Crippen LogP contribution < -0.4 is 0 Å². The first kappa shape index (κ1) is 19.5. The molecule has 0 aromatic rings. The van der Waals surface area contributed by atoms with Crippen molar-refractivity contribution in [3.63, 3.8) is 0 Å². The maximum Gasteiger partial charge on any atom is 0.432 e. The molecule has 0 aliphatic heterocycles. The van der Waals surface area contributed by atoms with Gasteiger partial charge >= 0.3 is 23.4 Å². The number of carbonyl (C=O) groups is 2. The number of halogens is 5. The van der Waals surface area contributed by atoms with Gasteiger partial charge in [0.05, 0.1) is 20.0 Å². The lowest BCUT2D eigenvalue weighted by atomic mass is 10.3. The average molecular weight is 343 g/mol. The number of methoxy groups -OCH3 is 1. The summed E-state index contributed by atoms with van der Waals surface area (Å²) in [4.78, 5) is 21.5. The lowest BCUT2D eigenvalue weighted by Gasteiger charge is -2.29. The molecule has 0 fully saturated rings. The first-order valence-corrected chi connectivity index (χ1v) is 6.30. The molecule has 0 N–H and O–H groups in total. The Labute approximate surface area is 114 Å². The largest absolute Gasteiger partial charge is 0.743 e. The van der Waals surface area contributed by atoms with E-state index >= 15 is 0 Å². The summed E-state index contributed by atoms with van der Waals surface area (Å²) in [5.74, 6) is -3.00. The Morgan fingerprint density at radius 1 is 1.10 bits per heavy atom. The zero-order chi connectivity index (χ0) is 17.1. The minimum atomic E-state index is -6.74. The van der Waals surface area contributed by atoms with Gasteiger partial charge in [0.2, 0.25) is 0 Å². The summed E-state index contributed by atoms with van der Waals surface area (Å²) in [5, 5.41) is -5.91. The van der Waals surface area contributed by atoms with Gasteiger partial charge in [-0.05, 0) is 0 Å². The Kier molecular flexibility index (Phi) is 6.05. The van der Waals surface area contributed by atoms with E-state index in [1.54, 1.807) is 0 Å². The predicted octanol–water partition coefficient (Wildman–Crippen LogP) is 0.552. The Balaban J connectivity index is 5.15. The molecule has 124 valence electrons. The highest BCUT2D eigenvalue weighted by atomic mass is 32.2. The van der Waals surface area contributed by atoms with Crippen molar-refractivity contribution in [2.45, 2.75) is 30.4 Å². The van der Waals surface area contributed by atoms with E-state index in [0.29, 0.717) is 0 Å². The molecule has 0 aliphatic rings. The fraction of sp³-hybridized carbons (Fsp3) is 0.750. The van der Waals surface area contributed by atoms with Gasteiger partial charge in [-0.1, -0.05) is 0 Å². The van der Waals surface area contributed by atoms with Gasteiger partial charge in [0.1, 0.15) is 0 Å². The summed E-state index contributed by atoms with van der Waals surface area (Å²) in [6, 6.07) is 0. The second-order valence-electron chi connectivity index (χ2n) is 3.50. The second-order valence-corrected chi connectivity index (χ2v) is 4.96. The van der Waals surface area contributed by atoms with Gasteiger partial charge in [-0.15, -0.1) is 0 Å². The second kappa shape index (κ2) is 6.51. The summed E-state index contributed by atoms with van der Waals surface area (Å²) < 4.78 is 101. The van der Waals surface area contributed by atoms with Gasteiger partial charge in [0.25, 0.3) is 6.10 Å². The molecule has 13 heteroatoms. The number of hydrogen-bond donors (Lipinski definition) is 0. The minimum Gasteiger partial charge on any atom is -0.743 e. The Bertz CT molecular complexity index is 498. The summed E-state index contributed by atoms with van der Waals surface area (Å²) in [6.07, 6.45) is -12.3. The molecule has 0 bridgehead atoms. The van der Waals surface area contributed by atoms with Crippen LogP contribution >= 0.6 is 0 Å². The molecule has 0 aromatic carbocycles. The number of alkyl halides is 5. The van der Waals surface area contributed by atoms with Gasteiger partial charge in [0.15, 0.2) is 10.1 Å². The highest BCUT2D eigenvalue weighted by Gasteiger charge is 2.62. The van der Waals surface area contributed by atoms with E-state index < -0.39 is 52.4 Å². The molecular weight excluding hydrogens is 335 g/mol. The molecule has 0 aromatic heterocycles. The number of ether oxygens (including phenoxy) is 2. The molecule has 0 amide bonds. The van der Waals surface area contributed by atoms with Crippen LogP contribution in [0.1, 0.15) is 12.8 Å². The average Bonchev–Trinajstić information content (AvgIpc) is 2.29. The topological polar surface area (TPSA) is 110 Å². The Hall–Kier alpha value is -1.50. The van der Waals surface area contributed by atoms with Crippen molar-refractivity contribution >= 4 is 22.1 Å². The number of rotatable bonds is 6. The lowest BCUT2D eigenvalue weighted by Crippen LogP contribution is -2.52. The van der Waals surface area contributed by atoms with Crippen molar-refractivity contribution in [2.24, 2.45) is 0 Å². The fourth-order valence-corrected chi connectivity index (χ4v) is 1.40. The molecule has 1 atom stereocenters. The summed E-state index contributed by atoms with van der Waals surface area (Å²) in [5.41, 5.74) is 0. The van der Waals surface area contributed by atoms with Crippen LogP contribution in [0.3, 0.4) is 0 Å². The zero-order valence-corrected chi connectivity index (χ0v) is 11.0. The van der Waals surface area contributed by atoms with Gasteiger partial charge in [0, 0.05) is 0 Å². The van der Waals surface area contributed by atoms with Crippen LogP contribution in [0.25, 0.3) is 0 Å². The quantitative estimate of drug-likeness (QED) is 0.393. The smallest absolute Gasteiger partial charge is 0.432 e. The SMILES string of the molecule is COC(=O)CCC(=O)OC(C(F)(F)F)C(F)(F)S(=O)(=O)[O-]. The maximum atomic E-state index is 12.9. The summed E-state index contributed by atoms with van der Waals surface area (Å²) in [6.45, 7) is 0. The van der Waals surface area contributed by atoms with Crippen LogP contribution in [-0.4, -0.2) is 49.6 Å². The third-order valence-electron chi connectivity index (χ3n) is 1.95. The van der Waals surface area contributed by atoms with E-state index in [4.69, 9.17) is 0 Å². The van der Waals surface area contributed by atoms with E-state index in [1.807, 2.05) is 0 Å². The third kappa shape index (κ3) is 5.41. The highest BCUT2D eigenvalue weighted by Crippen LogP contribution is 2.38. The highest BCUT2D eigenvalue weighted by molar-refractivity contribution is 7.86. The van der Waals surface area contributed by atoms with E-state index in [9.17, 15) is 44.5 Å². The fourth-order valence-electron chi connectivity index (χ4n) is 0.954. The van der Waals surface area contributed by atoms with Crippen LogP contribution in [0, 0.1) is 0 Å². The Morgan fingerprint density at radius 2 is 1.52 bits per heavy atom. The predicted molar refractivity (Wildman–Crippen MR) is 51.8 cm³/mol. The van der Waals surface area contributed by atoms with E-state index in [1.165, 1.54) is 0 Å². The third-order valence-corrected chi connectivity index (χ3v) is 2.83.